The summed E-state index contributed by atoms with van der Waals surface area (Å²) >= 11 is 1.49. The quantitative estimate of drug-likeness (QED) is 0.797. The van der Waals surface area contributed by atoms with Gasteiger partial charge in [-0.1, -0.05) is 18.2 Å². The van der Waals surface area contributed by atoms with E-state index in [-0.39, 0.29) is 5.91 Å². The van der Waals surface area contributed by atoms with Crippen molar-refractivity contribution in [1.29, 1.82) is 0 Å². The molecule has 4 heteroatoms. The van der Waals surface area contributed by atoms with E-state index in [4.69, 9.17) is 0 Å². The van der Waals surface area contributed by atoms with Gasteiger partial charge in [0, 0.05) is 18.1 Å². The highest BCUT2D eigenvalue weighted by molar-refractivity contribution is 7.09. The molecule has 1 aromatic heterocycles. The topological polar surface area (TPSA) is 33.2 Å². The van der Waals surface area contributed by atoms with Gasteiger partial charge in [0.2, 0.25) is 0 Å². The van der Waals surface area contributed by atoms with Crippen molar-refractivity contribution >= 4 is 22.9 Å². The lowest BCUT2D eigenvalue weighted by Gasteiger charge is -2.15. The first kappa shape index (κ1) is 10.8. The molecule has 0 aliphatic heterocycles. The highest BCUT2D eigenvalue weighted by atomic mass is 32.1. The second-order valence-corrected chi connectivity index (χ2v) is 4.51. The zero-order valence-electron chi connectivity index (χ0n) is 9.18. The van der Waals surface area contributed by atoms with Crippen LogP contribution in [0.5, 0.6) is 0 Å². The van der Waals surface area contributed by atoms with E-state index in [0.717, 1.165) is 10.7 Å². The summed E-state index contributed by atoms with van der Waals surface area (Å²) in [6, 6.07) is 9.54. The van der Waals surface area contributed by atoms with Crippen molar-refractivity contribution in [2.45, 2.75) is 6.92 Å². The number of anilines is 1. The predicted molar refractivity (Wildman–Crippen MR) is 66.0 cm³/mol. The Kier molecular flexibility index (Phi) is 3.01. The fraction of sp³-hybridized carbons (Fsp3) is 0.167. The van der Waals surface area contributed by atoms with Gasteiger partial charge in [0.15, 0.2) is 0 Å². The Morgan fingerprint density at radius 2 is 2.00 bits per heavy atom. The monoisotopic (exact) mass is 232 g/mol. The van der Waals surface area contributed by atoms with Crippen LogP contribution in [-0.2, 0) is 0 Å². The van der Waals surface area contributed by atoms with E-state index in [9.17, 15) is 4.79 Å². The second kappa shape index (κ2) is 4.45. The number of para-hydroxylation sites is 1. The molecule has 0 aliphatic carbocycles. The molecule has 0 saturated carbocycles. The molecule has 0 fully saturated rings. The number of nitrogens with zero attached hydrogens (tertiary/aromatic N) is 2. The number of aryl methyl sites for hydroxylation is 1. The molecule has 0 radical (unpaired) electrons. The van der Waals surface area contributed by atoms with Crippen LogP contribution in [0.25, 0.3) is 0 Å². The van der Waals surface area contributed by atoms with E-state index < -0.39 is 0 Å². The molecule has 82 valence electrons. The van der Waals surface area contributed by atoms with Gasteiger partial charge in [0.05, 0.1) is 5.01 Å². The van der Waals surface area contributed by atoms with E-state index in [0.29, 0.717) is 5.69 Å². The van der Waals surface area contributed by atoms with E-state index >= 15 is 0 Å². The average Bonchev–Trinajstić information content (AvgIpc) is 2.75. The molecule has 2 aromatic rings. The lowest BCUT2D eigenvalue weighted by atomic mass is 10.3. The first-order chi connectivity index (χ1) is 7.68. The van der Waals surface area contributed by atoms with Crippen molar-refractivity contribution in [1.82, 2.24) is 4.98 Å². The Balaban J connectivity index is 2.23. The Labute approximate surface area is 98.4 Å². The molecule has 1 aromatic carbocycles. The number of aromatic nitrogens is 1. The number of benzene rings is 1. The Morgan fingerprint density at radius 1 is 1.31 bits per heavy atom. The van der Waals surface area contributed by atoms with Gasteiger partial charge in [-0.25, -0.2) is 4.98 Å². The molecule has 1 heterocycles. The Morgan fingerprint density at radius 3 is 2.56 bits per heavy atom. The van der Waals surface area contributed by atoms with Crippen molar-refractivity contribution in [3.8, 4) is 0 Å². The Bertz CT molecular complexity index is 493. The summed E-state index contributed by atoms with van der Waals surface area (Å²) in [6.45, 7) is 1.89. The number of thiazole rings is 1. The molecule has 16 heavy (non-hydrogen) atoms. The molecular formula is C12H12N2OS. The maximum Gasteiger partial charge on any atom is 0.277 e. The van der Waals surface area contributed by atoms with Crippen molar-refractivity contribution in [3.63, 3.8) is 0 Å². The molecule has 1 amide bonds. The number of hydrogen-bond donors (Lipinski definition) is 0. The van der Waals surface area contributed by atoms with Crippen molar-refractivity contribution in [3.05, 3.63) is 46.4 Å². The maximum atomic E-state index is 12.0. The van der Waals surface area contributed by atoms with Gasteiger partial charge in [-0.05, 0) is 19.1 Å². The summed E-state index contributed by atoms with van der Waals surface area (Å²) in [5.74, 6) is -0.0736. The molecular weight excluding hydrogens is 220 g/mol. The lowest BCUT2D eigenvalue weighted by Crippen LogP contribution is -2.26. The third-order valence-electron chi connectivity index (χ3n) is 2.29. The fourth-order valence-corrected chi connectivity index (χ4v) is 1.99. The SMILES string of the molecule is Cc1nc(C(=O)N(C)c2ccccc2)cs1. The van der Waals surface area contributed by atoms with Crippen molar-refractivity contribution in [2.75, 3.05) is 11.9 Å². The normalized spacial score (nSPS) is 10.1. The van der Waals surface area contributed by atoms with Gasteiger partial charge in [-0.2, -0.15) is 0 Å². The van der Waals surface area contributed by atoms with Gasteiger partial charge in [-0.15, -0.1) is 11.3 Å². The molecule has 0 spiro atoms. The number of amides is 1. The first-order valence-corrected chi connectivity index (χ1v) is 5.81. The highest BCUT2D eigenvalue weighted by Crippen LogP contribution is 2.16. The van der Waals surface area contributed by atoms with Gasteiger partial charge < -0.3 is 4.90 Å². The van der Waals surface area contributed by atoms with E-state index in [1.54, 1.807) is 17.3 Å². The van der Waals surface area contributed by atoms with Crippen LogP contribution < -0.4 is 4.90 Å². The smallest absolute Gasteiger partial charge is 0.277 e. The minimum absolute atomic E-state index is 0.0736. The number of hydrogen-bond acceptors (Lipinski definition) is 3. The summed E-state index contributed by atoms with van der Waals surface area (Å²) < 4.78 is 0. The molecule has 0 aliphatic rings. The Hall–Kier alpha value is -1.68. The van der Waals surface area contributed by atoms with Crippen LogP contribution in [0.3, 0.4) is 0 Å². The summed E-state index contributed by atoms with van der Waals surface area (Å²) in [6.07, 6.45) is 0. The average molecular weight is 232 g/mol. The highest BCUT2D eigenvalue weighted by Gasteiger charge is 2.15. The molecule has 0 saturated heterocycles. The standard InChI is InChI=1S/C12H12N2OS/c1-9-13-11(8-16-9)12(15)14(2)10-6-4-3-5-7-10/h3-8H,1-2H3. The van der Waals surface area contributed by atoms with Gasteiger partial charge >= 0.3 is 0 Å². The largest absolute Gasteiger partial charge is 0.310 e. The van der Waals surface area contributed by atoms with Crippen LogP contribution in [0.15, 0.2) is 35.7 Å². The summed E-state index contributed by atoms with van der Waals surface area (Å²) in [5.41, 5.74) is 1.38. The molecule has 2 rings (SSSR count). The van der Waals surface area contributed by atoms with Crippen LogP contribution in [0.4, 0.5) is 5.69 Å². The van der Waals surface area contributed by atoms with Gasteiger partial charge in [0.25, 0.3) is 5.91 Å². The number of carbonyl (C=O) groups is 1. The second-order valence-electron chi connectivity index (χ2n) is 3.45. The van der Waals surface area contributed by atoms with Crippen LogP contribution in [0, 0.1) is 6.92 Å². The molecule has 0 bridgehead atoms. The van der Waals surface area contributed by atoms with Crippen LogP contribution in [0.1, 0.15) is 15.5 Å². The third kappa shape index (κ3) is 2.12. The van der Waals surface area contributed by atoms with Gasteiger partial charge in [0.1, 0.15) is 5.69 Å². The summed E-state index contributed by atoms with van der Waals surface area (Å²) in [4.78, 5) is 17.8. The van der Waals surface area contributed by atoms with Crippen LogP contribution >= 0.6 is 11.3 Å². The summed E-state index contributed by atoms with van der Waals surface area (Å²) in [5, 5.41) is 2.70. The van der Waals surface area contributed by atoms with E-state index in [1.165, 1.54) is 11.3 Å². The fourth-order valence-electron chi connectivity index (χ4n) is 1.40. The minimum Gasteiger partial charge on any atom is -0.310 e. The molecule has 3 nitrogen and oxygen atoms in total. The van der Waals surface area contributed by atoms with Crippen molar-refractivity contribution < 1.29 is 4.79 Å². The number of carbonyl (C=O) groups excluding carboxylic acids is 1. The molecule has 0 N–H and O–H groups in total. The van der Waals surface area contributed by atoms with E-state index in [1.807, 2.05) is 37.3 Å². The van der Waals surface area contributed by atoms with Crippen molar-refractivity contribution in [2.24, 2.45) is 0 Å². The van der Waals surface area contributed by atoms with Gasteiger partial charge in [-0.3, -0.25) is 4.79 Å². The number of rotatable bonds is 2. The molecule has 0 unspecified atom stereocenters. The predicted octanol–water partition coefficient (Wildman–Crippen LogP) is 2.73. The van der Waals surface area contributed by atoms with Crippen LogP contribution in [0.2, 0.25) is 0 Å². The summed E-state index contributed by atoms with van der Waals surface area (Å²) in [7, 11) is 1.76. The van der Waals surface area contributed by atoms with Crippen LogP contribution in [-0.4, -0.2) is 17.9 Å². The zero-order valence-corrected chi connectivity index (χ0v) is 9.99. The minimum atomic E-state index is -0.0736. The third-order valence-corrected chi connectivity index (χ3v) is 3.06. The van der Waals surface area contributed by atoms with E-state index in [2.05, 4.69) is 4.98 Å². The first-order valence-electron chi connectivity index (χ1n) is 4.93. The zero-order chi connectivity index (χ0) is 11.5. The lowest BCUT2D eigenvalue weighted by molar-refractivity contribution is 0.0989. The molecule has 0 atom stereocenters. The maximum absolute atomic E-state index is 12.0.